The predicted octanol–water partition coefficient (Wildman–Crippen LogP) is 3.62. The van der Waals surface area contributed by atoms with Crippen molar-refractivity contribution >= 4 is 29.9 Å². The second kappa shape index (κ2) is 9.78. The SMILES string of the molecule is CCNC(=NCC1CCC(C)CC1)N1CCC(c2cnn(C)c2)C1.I. The van der Waals surface area contributed by atoms with Gasteiger partial charge in [0.15, 0.2) is 5.96 Å². The Balaban J connectivity index is 0.00000225. The first-order valence-corrected chi connectivity index (χ1v) is 9.67. The van der Waals surface area contributed by atoms with Crippen LogP contribution in [-0.2, 0) is 7.05 Å². The number of guanidine groups is 1. The summed E-state index contributed by atoms with van der Waals surface area (Å²) in [7, 11) is 1.99. The fourth-order valence-corrected chi connectivity index (χ4v) is 4.03. The summed E-state index contributed by atoms with van der Waals surface area (Å²) in [5, 5.41) is 7.83. The highest BCUT2D eigenvalue weighted by Gasteiger charge is 2.27. The number of hydrogen-bond acceptors (Lipinski definition) is 2. The number of halogens is 1. The van der Waals surface area contributed by atoms with Crippen molar-refractivity contribution in [2.75, 3.05) is 26.2 Å². The minimum atomic E-state index is 0. The van der Waals surface area contributed by atoms with Crippen molar-refractivity contribution in [1.29, 1.82) is 0 Å². The molecule has 1 aromatic rings. The summed E-state index contributed by atoms with van der Waals surface area (Å²) in [6.07, 6.45) is 10.8. The maximum atomic E-state index is 4.99. The fourth-order valence-electron chi connectivity index (χ4n) is 4.03. The van der Waals surface area contributed by atoms with E-state index in [0.29, 0.717) is 5.92 Å². The summed E-state index contributed by atoms with van der Waals surface area (Å²) in [5.41, 5.74) is 1.36. The van der Waals surface area contributed by atoms with Gasteiger partial charge in [-0.25, -0.2) is 0 Å². The van der Waals surface area contributed by atoms with Gasteiger partial charge in [-0.05, 0) is 43.6 Å². The molecule has 0 amide bonds. The van der Waals surface area contributed by atoms with E-state index in [1.165, 1.54) is 37.7 Å². The summed E-state index contributed by atoms with van der Waals surface area (Å²) >= 11 is 0. The molecular formula is C19H34IN5. The molecule has 1 aromatic heterocycles. The molecule has 1 unspecified atom stereocenters. The molecule has 1 saturated carbocycles. The van der Waals surface area contributed by atoms with Gasteiger partial charge in [0.25, 0.3) is 0 Å². The van der Waals surface area contributed by atoms with Gasteiger partial charge in [0.1, 0.15) is 0 Å². The van der Waals surface area contributed by atoms with Crippen molar-refractivity contribution in [3.8, 4) is 0 Å². The van der Waals surface area contributed by atoms with Gasteiger partial charge in [0.05, 0.1) is 6.20 Å². The normalized spacial score (nSPS) is 27.2. The van der Waals surface area contributed by atoms with Crippen LogP contribution in [0.5, 0.6) is 0 Å². The maximum absolute atomic E-state index is 4.99. The van der Waals surface area contributed by atoms with Gasteiger partial charge >= 0.3 is 0 Å². The van der Waals surface area contributed by atoms with E-state index >= 15 is 0 Å². The first-order chi connectivity index (χ1) is 11.7. The maximum Gasteiger partial charge on any atom is 0.193 e. The van der Waals surface area contributed by atoms with Crippen LogP contribution in [0, 0.1) is 11.8 Å². The second-order valence-electron chi connectivity index (χ2n) is 7.70. The van der Waals surface area contributed by atoms with Crippen molar-refractivity contribution in [1.82, 2.24) is 20.0 Å². The van der Waals surface area contributed by atoms with Gasteiger partial charge < -0.3 is 10.2 Å². The number of nitrogens with zero attached hydrogens (tertiary/aromatic N) is 4. The van der Waals surface area contributed by atoms with Crippen LogP contribution in [0.2, 0.25) is 0 Å². The average Bonchev–Trinajstić information content (AvgIpc) is 3.22. The zero-order valence-corrected chi connectivity index (χ0v) is 18.3. The fraction of sp³-hybridized carbons (Fsp3) is 0.789. The van der Waals surface area contributed by atoms with Gasteiger partial charge in [-0.1, -0.05) is 19.8 Å². The topological polar surface area (TPSA) is 45.5 Å². The van der Waals surface area contributed by atoms with Crippen molar-refractivity contribution < 1.29 is 0 Å². The molecule has 1 atom stereocenters. The molecule has 0 aromatic carbocycles. The number of likely N-dealkylation sites (tertiary alicyclic amines) is 1. The van der Waals surface area contributed by atoms with E-state index in [1.54, 1.807) is 0 Å². The molecule has 6 heteroatoms. The standard InChI is InChI=1S/C19H33N5.HI/c1-4-20-19(21-11-16-7-5-15(2)6-8-16)24-10-9-17(14-24)18-12-22-23(3)13-18;/h12-13,15-17H,4-11,14H2,1-3H3,(H,20,21);1H. The summed E-state index contributed by atoms with van der Waals surface area (Å²) in [6, 6.07) is 0. The smallest absolute Gasteiger partial charge is 0.193 e. The van der Waals surface area contributed by atoms with Gasteiger partial charge in [0.2, 0.25) is 0 Å². The highest BCUT2D eigenvalue weighted by Crippen LogP contribution is 2.29. The van der Waals surface area contributed by atoms with E-state index in [9.17, 15) is 0 Å². The lowest BCUT2D eigenvalue weighted by Crippen LogP contribution is -2.40. The van der Waals surface area contributed by atoms with Crippen LogP contribution in [0.4, 0.5) is 0 Å². The second-order valence-corrected chi connectivity index (χ2v) is 7.70. The molecule has 0 bridgehead atoms. The molecule has 0 spiro atoms. The van der Waals surface area contributed by atoms with Gasteiger partial charge in [-0.2, -0.15) is 5.10 Å². The van der Waals surface area contributed by atoms with Crippen molar-refractivity contribution in [3.05, 3.63) is 18.0 Å². The number of nitrogens with one attached hydrogen (secondary N) is 1. The largest absolute Gasteiger partial charge is 0.357 e. The van der Waals surface area contributed by atoms with Crippen LogP contribution in [0.25, 0.3) is 0 Å². The monoisotopic (exact) mass is 459 g/mol. The Hall–Kier alpha value is -0.790. The Kier molecular flexibility index (Phi) is 8.03. The van der Waals surface area contributed by atoms with Crippen molar-refractivity contribution in [2.24, 2.45) is 23.9 Å². The Bertz CT molecular complexity index is 548. The van der Waals surface area contributed by atoms with E-state index in [4.69, 9.17) is 4.99 Å². The Morgan fingerprint density at radius 3 is 2.68 bits per heavy atom. The van der Waals surface area contributed by atoms with Crippen molar-refractivity contribution in [2.45, 2.75) is 51.9 Å². The van der Waals surface area contributed by atoms with E-state index in [2.05, 4.69) is 35.4 Å². The number of aryl methyl sites for hydroxylation is 1. The van der Waals surface area contributed by atoms with Crippen LogP contribution in [0.15, 0.2) is 17.4 Å². The molecule has 25 heavy (non-hydrogen) atoms. The molecule has 1 aliphatic heterocycles. The molecule has 2 fully saturated rings. The number of aliphatic imine (C=N–C) groups is 1. The van der Waals surface area contributed by atoms with Gasteiger partial charge in [-0.15, -0.1) is 24.0 Å². The predicted molar refractivity (Wildman–Crippen MR) is 115 cm³/mol. The quantitative estimate of drug-likeness (QED) is 0.425. The average molecular weight is 459 g/mol. The lowest BCUT2D eigenvalue weighted by Gasteiger charge is -2.26. The van der Waals surface area contributed by atoms with E-state index in [0.717, 1.165) is 44.0 Å². The zero-order valence-electron chi connectivity index (χ0n) is 15.9. The summed E-state index contributed by atoms with van der Waals surface area (Å²) in [4.78, 5) is 7.43. The highest BCUT2D eigenvalue weighted by atomic mass is 127. The molecule has 3 rings (SSSR count). The van der Waals surface area contributed by atoms with Gasteiger partial charge in [0, 0.05) is 45.3 Å². The lowest BCUT2D eigenvalue weighted by atomic mass is 9.83. The van der Waals surface area contributed by atoms with E-state index in [-0.39, 0.29) is 24.0 Å². The first kappa shape index (κ1) is 20.5. The van der Waals surface area contributed by atoms with Crippen molar-refractivity contribution in [3.63, 3.8) is 0 Å². The molecule has 1 N–H and O–H groups in total. The minimum Gasteiger partial charge on any atom is -0.357 e. The van der Waals surface area contributed by atoms with Crippen LogP contribution in [0.3, 0.4) is 0 Å². The van der Waals surface area contributed by atoms with Crippen LogP contribution in [-0.4, -0.2) is 46.8 Å². The lowest BCUT2D eigenvalue weighted by molar-refractivity contribution is 0.295. The van der Waals surface area contributed by atoms with E-state index in [1.807, 2.05) is 17.9 Å². The number of rotatable bonds is 4. The summed E-state index contributed by atoms with van der Waals surface area (Å²) in [6.45, 7) is 8.61. The third-order valence-corrected chi connectivity index (χ3v) is 5.65. The van der Waals surface area contributed by atoms with Crippen LogP contribution >= 0.6 is 24.0 Å². The molecular weight excluding hydrogens is 425 g/mol. The first-order valence-electron chi connectivity index (χ1n) is 9.67. The zero-order chi connectivity index (χ0) is 16.9. The number of hydrogen-bond donors (Lipinski definition) is 1. The highest BCUT2D eigenvalue weighted by molar-refractivity contribution is 14.0. The Morgan fingerprint density at radius 2 is 2.04 bits per heavy atom. The number of aromatic nitrogens is 2. The Morgan fingerprint density at radius 1 is 1.28 bits per heavy atom. The molecule has 0 radical (unpaired) electrons. The molecule has 2 aliphatic rings. The third kappa shape index (κ3) is 5.59. The molecule has 1 aliphatic carbocycles. The molecule has 5 nitrogen and oxygen atoms in total. The summed E-state index contributed by atoms with van der Waals surface area (Å²) < 4.78 is 1.90. The van der Waals surface area contributed by atoms with Crippen LogP contribution in [0.1, 0.15) is 57.4 Å². The Labute approximate surface area is 169 Å². The molecule has 2 heterocycles. The van der Waals surface area contributed by atoms with E-state index < -0.39 is 0 Å². The summed E-state index contributed by atoms with van der Waals surface area (Å²) in [5.74, 6) is 3.39. The molecule has 1 saturated heterocycles. The van der Waals surface area contributed by atoms with Crippen LogP contribution < -0.4 is 5.32 Å². The molecule has 142 valence electrons. The third-order valence-electron chi connectivity index (χ3n) is 5.65. The van der Waals surface area contributed by atoms with Gasteiger partial charge in [-0.3, -0.25) is 9.67 Å². The minimum absolute atomic E-state index is 0.